The molecule has 0 atom stereocenters. The Morgan fingerprint density at radius 3 is 2.93 bits per heavy atom. The van der Waals surface area contributed by atoms with Crippen LogP contribution in [0.1, 0.15) is 5.56 Å². The smallest absolute Gasteiger partial charge is 0.290 e. The zero-order valence-electron chi connectivity index (χ0n) is 7.38. The molecule has 0 saturated heterocycles. The van der Waals surface area contributed by atoms with Gasteiger partial charge in [-0.3, -0.25) is 9.20 Å². The lowest BCUT2D eigenvalue weighted by atomic mass is 10.3. The Morgan fingerprint density at radius 1 is 1.64 bits per heavy atom. The van der Waals surface area contributed by atoms with E-state index in [4.69, 9.17) is 9.90 Å². The first-order valence-corrected chi connectivity index (χ1v) is 4.51. The standard InChI is InChI=1S/C7H6BrN3.CH2O2/c1-5-2-6(8)3-11-4-9-10-7(5)11;2-1-3/h2-4H,1H3;1H,(H,2,3). The summed E-state index contributed by atoms with van der Waals surface area (Å²) in [7, 11) is 0. The van der Waals surface area contributed by atoms with Crippen molar-refractivity contribution in [2.75, 3.05) is 0 Å². The molecule has 1 N–H and O–H groups in total. The van der Waals surface area contributed by atoms with Crippen molar-refractivity contribution in [2.45, 2.75) is 6.92 Å². The Kier molecular flexibility index (Phi) is 3.58. The van der Waals surface area contributed by atoms with Gasteiger partial charge in [0.25, 0.3) is 6.47 Å². The molecule has 0 aliphatic rings. The van der Waals surface area contributed by atoms with E-state index < -0.39 is 0 Å². The number of hydrogen-bond donors (Lipinski definition) is 1. The molecular formula is C8H8BrN3O2. The van der Waals surface area contributed by atoms with Crippen LogP contribution in [0.25, 0.3) is 5.65 Å². The van der Waals surface area contributed by atoms with Gasteiger partial charge >= 0.3 is 0 Å². The monoisotopic (exact) mass is 257 g/mol. The van der Waals surface area contributed by atoms with Crippen molar-refractivity contribution < 1.29 is 9.90 Å². The van der Waals surface area contributed by atoms with E-state index in [2.05, 4.69) is 26.1 Å². The van der Waals surface area contributed by atoms with Gasteiger partial charge in [-0.05, 0) is 34.5 Å². The molecule has 0 aliphatic carbocycles. The highest BCUT2D eigenvalue weighted by atomic mass is 79.9. The number of halogens is 1. The number of carbonyl (C=O) groups is 1. The number of fused-ring (bicyclic) bond motifs is 1. The molecule has 0 fully saturated rings. The number of aromatic nitrogens is 3. The first-order valence-electron chi connectivity index (χ1n) is 3.72. The molecule has 2 heterocycles. The lowest BCUT2D eigenvalue weighted by Crippen LogP contribution is -1.86. The Hall–Kier alpha value is -1.43. The van der Waals surface area contributed by atoms with E-state index in [0.717, 1.165) is 15.7 Å². The summed E-state index contributed by atoms with van der Waals surface area (Å²) in [5.74, 6) is 0. The average Bonchev–Trinajstić information content (AvgIpc) is 2.53. The number of pyridine rings is 1. The van der Waals surface area contributed by atoms with E-state index in [1.165, 1.54) is 0 Å². The predicted octanol–water partition coefficient (Wildman–Crippen LogP) is 1.50. The summed E-state index contributed by atoms with van der Waals surface area (Å²) in [6.45, 7) is 1.76. The SMILES string of the molecule is Cc1cc(Br)cn2cnnc12.O=CO. The normalized spacial score (nSPS) is 9.29. The van der Waals surface area contributed by atoms with Crippen LogP contribution in [0, 0.1) is 6.92 Å². The van der Waals surface area contributed by atoms with Gasteiger partial charge in [-0.15, -0.1) is 10.2 Å². The van der Waals surface area contributed by atoms with Gasteiger partial charge in [-0.25, -0.2) is 0 Å². The molecule has 2 aromatic rings. The zero-order chi connectivity index (χ0) is 10.6. The van der Waals surface area contributed by atoms with Crippen LogP contribution in [0.2, 0.25) is 0 Å². The minimum absolute atomic E-state index is 0.250. The summed E-state index contributed by atoms with van der Waals surface area (Å²) in [5, 5.41) is 14.6. The summed E-state index contributed by atoms with van der Waals surface area (Å²) in [4.78, 5) is 8.36. The topological polar surface area (TPSA) is 67.5 Å². The van der Waals surface area contributed by atoms with E-state index in [1.807, 2.05) is 23.6 Å². The number of carboxylic acid groups (broad SMARTS) is 1. The lowest BCUT2D eigenvalue weighted by molar-refractivity contribution is -0.122. The summed E-state index contributed by atoms with van der Waals surface area (Å²) in [6, 6.07) is 2.02. The van der Waals surface area contributed by atoms with Crippen molar-refractivity contribution in [1.29, 1.82) is 0 Å². The molecule has 14 heavy (non-hydrogen) atoms. The highest BCUT2D eigenvalue weighted by Crippen LogP contribution is 2.14. The van der Waals surface area contributed by atoms with Crippen LogP contribution in [0.5, 0.6) is 0 Å². The van der Waals surface area contributed by atoms with Crippen LogP contribution >= 0.6 is 15.9 Å². The molecule has 2 aromatic heterocycles. The van der Waals surface area contributed by atoms with E-state index in [9.17, 15) is 0 Å². The molecule has 0 spiro atoms. The molecule has 0 amide bonds. The molecule has 5 nitrogen and oxygen atoms in total. The number of hydrogen-bond acceptors (Lipinski definition) is 3. The highest BCUT2D eigenvalue weighted by molar-refractivity contribution is 9.10. The average molecular weight is 258 g/mol. The first-order chi connectivity index (χ1) is 6.69. The van der Waals surface area contributed by atoms with Crippen LogP contribution in [0.3, 0.4) is 0 Å². The molecule has 0 saturated carbocycles. The van der Waals surface area contributed by atoms with Gasteiger partial charge in [0.05, 0.1) is 0 Å². The molecule has 2 rings (SSSR count). The van der Waals surface area contributed by atoms with Crippen molar-refractivity contribution in [3.63, 3.8) is 0 Å². The third-order valence-electron chi connectivity index (χ3n) is 1.54. The molecule has 0 aromatic carbocycles. The largest absolute Gasteiger partial charge is 0.483 e. The van der Waals surface area contributed by atoms with Crippen LogP contribution < -0.4 is 0 Å². The van der Waals surface area contributed by atoms with E-state index in [1.54, 1.807) is 6.33 Å². The summed E-state index contributed by atoms with van der Waals surface area (Å²) in [6.07, 6.45) is 3.62. The molecule has 0 aliphatic heterocycles. The second-order valence-corrected chi connectivity index (χ2v) is 3.42. The second kappa shape index (κ2) is 4.71. The van der Waals surface area contributed by atoms with Gasteiger partial charge < -0.3 is 5.11 Å². The molecule has 0 radical (unpaired) electrons. The van der Waals surface area contributed by atoms with Crippen molar-refractivity contribution in [3.8, 4) is 0 Å². The second-order valence-electron chi connectivity index (χ2n) is 2.51. The van der Waals surface area contributed by atoms with Crippen molar-refractivity contribution in [2.24, 2.45) is 0 Å². The number of nitrogens with zero attached hydrogens (tertiary/aromatic N) is 3. The summed E-state index contributed by atoms with van der Waals surface area (Å²) >= 11 is 3.39. The molecule has 0 unspecified atom stereocenters. The molecule has 6 heteroatoms. The minimum Gasteiger partial charge on any atom is -0.483 e. The van der Waals surface area contributed by atoms with Gasteiger partial charge in [0.2, 0.25) is 0 Å². The lowest BCUT2D eigenvalue weighted by Gasteiger charge is -1.96. The Balaban J connectivity index is 0.000000293. The van der Waals surface area contributed by atoms with Crippen LogP contribution in [0.4, 0.5) is 0 Å². The maximum Gasteiger partial charge on any atom is 0.290 e. The Labute approximate surface area is 88.5 Å². The van der Waals surface area contributed by atoms with E-state index in [0.29, 0.717) is 0 Å². The molecule has 0 bridgehead atoms. The van der Waals surface area contributed by atoms with Gasteiger partial charge in [0.1, 0.15) is 6.33 Å². The fourth-order valence-electron chi connectivity index (χ4n) is 1.06. The number of aryl methyl sites for hydroxylation is 1. The molecular weight excluding hydrogens is 250 g/mol. The quantitative estimate of drug-likeness (QED) is 0.727. The minimum atomic E-state index is -0.250. The number of rotatable bonds is 0. The van der Waals surface area contributed by atoms with Crippen LogP contribution in [-0.2, 0) is 4.79 Å². The first kappa shape index (κ1) is 10.6. The van der Waals surface area contributed by atoms with Gasteiger partial charge in [-0.1, -0.05) is 0 Å². The van der Waals surface area contributed by atoms with Crippen molar-refractivity contribution >= 4 is 28.0 Å². The molecule has 74 valence electrons. The highest BCUT2D eigenvalue weighted by Gasteiger charge is 1.99. The maximum absolute atomic E-state index is 8.36. The van der Waals surface area contributed by atoms with Crippen molar-refractivity contribution in [3.05, 3.63) is 28.6 Å². The van der Waals surface area contributed by atoms with E-state index in [-0.39, 0.29) is 6.47 Å². The summed E-state index contributed by atoms with van der Waals surface area (Å²) < 4.78 is 2.93. The van der Waals surface area contributed by atoms with Crippen molar-refractivity contribution in [1.82, 2.24) is 14.6 Å². The van der Waals surface area contributed by atoms with Gasteiger partial charge in [0, 0.05) is 10.7 Å². The van der Waals surface area contributed by atoms with Crippen LogP contribution in [-0.4, -0.2) is 26.2 Å². The fourth-order valence-corrected chi connectivity index (χ4v) is 1.62. The zero-order valence-corrected chi connectivity index (χ0v) is 8.97. The van der Waals surface area contributed by atoms with E-state index >= 15 is 0 Å². The third kappa shape index (κ3) is 2.29. The fraction of sp³-hybridized carbons (Fsp3) is 0.125. The maximum atomic E-state index is 8.36. The van der Waals surface area contributed by atoms with Gasteiger partial charge in [0.15, 0.2) is 5.65 Å². The predicted molar refractivity (Wildman–Crippen MR) is 54.1 cm³/mol. The Bertz CT molecular complexity index is 441. The van der Waals surface area contributed by atoms with Crippen LogP contribution in [0.15, 0.2) is 23.1 Å². The Morgan fingerprint density at radius 2 is 2.29 bits per heavy atom. The summed E-state index contributed by atoms with van der Waals surface area (Å²) in [5.41, 5.74) is 2.03. The van der Waals surface area contributed by atoms with Gasteiger partial charge in [-0.2, -0.15) is 0 Å². The third-order valence-corrected chi connectivity index (χ3v) is 1.98.